The number of fused-ring (bicyclic) bond motifs is 1. The van der Waals surface area contributed by atoms with Crippen molar-refractivity contribution in [2.24, 2.45) is 0 Å². The molecule has 94 valence electrons. The van der Waals surface area contributed by atoms with E-state index in [0.29, 0.717) is 0 Å². The third kappa shape index (κ3) is 1.86. The first-order valence-electron chi connectivity index (χ1n) is 4.72. The van der Waals surface area contributed by atoms with E-state index in [-0.39, 0.29) is 0 Å². The highest BCUT2D eigenvalue weighted by atomic mass is 16.8. The first kappa shape index (κ1) is 11.8. The SMILES string of the molecule is C[C@]1(C(=O)O)O[C@H]2[C@H](O)OC(C(=O)O)=C[C@@H]2O1. The predicted octanol–water partition coefficient (Wildman–Crippen LogP) is -1.11. The number of carbonyl (C=O) groups is 2. The zero-order valence-electron chi connectivity index (χ0n) is 8.69. The third-order valence-corrected chi connectivity index (χ3v) is 2.49. The van der Waals surface area contributed by atoms with Gasteiger partial charge in [-0.3, -0.25) is 0 Å². The molecule has 17 heavy (non-hydrogen) atoms. The fraction of sp³-hybridized carbons (Fsp3) is 0.556. The van der Waals surface area contributed by atoms with E-state index in [1.54, 1.807) is 0 Å². The number of hydrogen-bond donors (Lipinski definition) is 3. The molecule has 2 heterocycles. The molecule has 0 unspecified atom stereocenters. The zero-order valence-corrected chi connectivity index (χ0v) is 8.69. The van der Waals surface area contributed by atoms with Gasteiger partial charge < -0.3 is 29.5 Å². The molecular formula is C9H10O8. The van der Waals surface area contributed by atoms with Crippen molar-refractivity contribution in [2.75, 3.05) is 0 Å². The molecule has 1 fully saturated rings. The van der Waals surface area contributed by atoms with E-state index < -0.39 is 42.0 Å². The van der Waals surface area contributed by atoms with Crippen LogP contribution in [-0.2, 0) is 23.8 Å². The molecular weight excluding hydrogens is 236 g/mol. The first-order chi connectivity index (χ1) is 7.83. The van der Waals surface area contributed by atoms with E-state index in [0.717, 1.165) is 13.0 Å². The Kier molecular flexibility index (Phi) is 2.57. The van der Waals surface area contributed by atoms with Gasteiger partial charge in [0.15, 0.2) is 6.10 Å². The van der Waals surface area contributed by atoms with Gasteiger partial charge in [0.25, 0.3) is 5.79 Å². The Bertz CT molecular complexity index is 402. The number of aliphatic hydroxyl groups excluding tert-OH is 1. The number of hydrogen-bond acceptors (Lipinski definition) is 6. The molecule has 0 aromatic heterocycles. The van der Waals surface area contributed by atoms with Gasteiger partial charge in [0.1, 0.15) is 6.10 Å². The number of aliphatic hydroxyl groups is 1. The van der Waals surface area contributed by atoms with Crippen molar-refractivity contribution >= 4 is 11.9 Å². The molecule has 4 atom stereocenters. The van der Waals surface area contributed by atoms with E-state index in [2.05, 4.69) is 4.74 Å². The summed E-state index contributed by atoms with van der Waals surface area (Å²) in [6.07, 6.45) is -2.57. The second-order valence-electron chi connectivity index (χ2n) is 3.76. The average molecular weight is 246 g/mol. The lowest BCUT2D eigenvalue weighted by molar-refractivity contribution is -0.215. The van der Waals surface area contributed by atoms with Gasteiger partial charge in [0, 0.05) is 6.92 Å². The standard InChI is InChI=1S/C9H10O8/c1-9(8(13)14)16-3-2-4(6(10)11)15-7(12)5(3)17-9/h2-3,5,7,12H,1H3,(H,10,11)(H,13,14)/t3-,5+,7+,9+/m0/s1. The average Bonchev–Trinajstić information content (AvgIpc) is 2.56. The molecule has 2 aliphatic heterocycles. The Morgan fingerprint density at radius 2 is 2.00 bits per heavy atom. The van der Waals surface area contributed by atoms with Crippen LogP contribution in [-0.4, -0.2) is 51.5 Å². The minimum absolute atomic E-state index is 0.503. The van der Waals surface area contributed by atoms with Gasteiger partial charge in [-0.05, 0) is 6.08 Å². The van der Waals surface area contributed by atoms with Gasteiger partial charge >= 0.3 is 11.9 Å². The van der Waals surface area contributed by atoms with Crippen molar-refractivity contribution in [3.05, 3.63) is 11.8 Å². The number of ether oxygens (including phenoxy) is 3. The van der Waals surface area contributed by atoms with Crippen LogP contribution in [0.2, 0.25) is 0 Å². The van der Waals surface area contributed by atoms with Crippen LogP contribution in [0.1, 0.15) is 6.92 Å². The lowest BCUT2D eigenvalue weighted by Gasteiger charge is -2.25. The van der Waals surface area contributed by atoms with Crippen LogP contribution in [0.25, 0.3) is 0 Å². The summed E-state index contributed by atoms with van der Waals surface area (Å²) < 4.78 is 14.7. The highest BCUT2D eigenvalue weighted by Gasteiger charge is 2.54. The van der Waals surface area contributed by atoms with Gasteiger partial charge in [-0.25, -0.2) is 9.59 Å². The molecule has 0 bridgehead atoms. The summed E-state index contributed by atoms with van der Waals surface area (Å²) in [4.78, 5) is 21.5. The Labute approximate surface area is 95.0 Å². The fourth-order valence-electron chi connectivity index (χ4n) is 1.64. The van der Waals surface area contributed by atoms with E-state index in [1.165, 1.54) is 0 Å². The lowest BCUT2D eigenvalue weighted by Crippen LogP contribution is -2.41. The molecule has 0 spiro atoms. The Morgan fingerprint density at radius 1 is 1.35 bits per heavy atom. The zero-order chi connectivity index (χ0) is 12.8. The van der Waals surface area contributed by atoms with Crippen LogP contribution in [0.15, 0.2) is 11.8 Å². The second kappa shape index (κ2) is 3.69. The summed E-state index contributed by atoms with van der Waals surface area (Å²) in [7, 11) is 0. The Hall–Kier alpha value is -1.64. The van der Waals surface area contributed by atoms with Crippen molar-refractivity contribution < 1.29 is 39.1 Å². The monoisotopic (exact) mass is 246 g/mol. The van der Waals surface area contributed by atoms with Crippen molar-refractivity contribution in [3.8, 4) is 0 Å². The van der Waals surface area contributed by atoms with E-state index in [4.69, 9.17) is 19.7 Å². The maximum absolute atomic E-state index is 10.9. The van der Waals surface area contributed by atoms with Crippen molar-refractivity contribution in [1.82, 2.24) is 0 Å². The molecule has 8 heteroatoms. The largest absolute Gasteiger partial charge is 0.477 e. The summed E-state index contributed by atoms with van der Waals surface area (Å²) in [6, 6.07) is 0. The molecule has 3 N–H and O–H groups in total. The number of carboxylic acid groups (broad SMARTS) is 2. The van der Waals surface area contributed by atoms with Gasteiger partial charge in [-0.2, -0.15) is 0 Å². The van der Waals surface area contributed by atoms with Gasteiger partial charge in [-0.15, -0.1) is 0 Å². The van der Waals surface area contributed by atoms with E-state index in [1.807, 2.05) is 0 Å². The summed E-state index contributed by atoms with van der Waals surface area (Å²) in [5.74, 6) is -5.18. The van der Waals surface area contributed by atoms with Crippen LogP contribution < -0.4 is 0 Å². The molecule has 2 aliphatic rings. The van der Waals surface area contributed by atoms with Crippen LogP contribution in [0.5, 0.6) is 0 Å². The number of rotatable bonds is 2. The molecule has 0 aliphatic carbocycles. The predicted molar refractivity (Wildman–Crippen MR) is 48.6 cm³/mol. The molecule has 8 nitrogen and oxygen atoms in total. The topological polar surface area (TPSA) is 123 Å². The first-order valence-corrected chi connectivity index (χ1v) is 4.72. The minimum atomic E-state index is -1.93. The molecule has 0 aromatic carbocycles. The molecule has 1 saturated heterocycles. The summed E-state index contributed by atoms with van der Waals surface area (Å²) in [5.41, 5.74) is 0. The summed E-state index contributed by atoms with van der Waals surface area (Å²) in [6.45, 7) is 1.16. The Balaban J connectivity index is 2.27. The van der Waals surface area contributed by atoms with Gasteiger partial charge in [-0.1, -0.05) is 0 Å². The molecule has 0 aromatic rings. The quantitative estimate of drug-likeness (QED) is 0.560. The smallest absolute Gasteiger partial charge is 0.371 e. The molecule has 2 rings (SSSR count). The van der Waals surface area contributed by atoms with Crippen molar-refractivity contribution in [2.45, 2.75) is 31.2 Å². The number of aliphatic carboxylic acids is 2. The highest BCUT2D eigenvalue weighted by Crippen LogP contribution is 2.35. The number of carboxylic acids is 2. The lowest BCUT2D eigenvalue weighted by atomic mass is 10.1. The Morgan fingerprint density at radius 3 is 2.53 bits per heavy atom. The molecule has 0 saturated carbocycles. The van der Waals surface area contributed by atoms with E-state index in [9.17, 15) is 14.7 Å². The normalized spacial score (nSPS) is 40.1. The van der Waals surface area contributed by atoms with Crippen LogP contribution in [0, 0.1) is 0 Å². The maximum Gasteiger partial charge on any atom is 0.371 e. The third-order valence-electron chi connectivity index (χ3n) is 2.49. The highest BCUT2D eigenvalue weighted by molar-refractivity contribution is 5.84. The van der Waals surface area contributed by atoms with Crippen molar-refractivity contribution in [3.63, 3.8) is 0 Å². The van der Waals surface area contributed by atoms with Crippen molar-refractivity contribution in [1.29, 1.82) is 0 Å². The van der Waals surface area contributed by atoms with Crippen LogP contribution >= 0.6 is 0 Å². The summed E-state index contributed by atoms with van der Waals surface area (Å²) in [5, 5.41) is 27.1. The van der Waals surface area contributed by atoms with Crippen LogP contribution in [0.4, 0.5) is 0 Å². The van der Waals surface area contributed by atoms with Crippen LogP contribution in [0.3, 0.4) is 0 Å². The summed E-state index contributed by atoms with van der Waals surface area (Å²) >= 11 is 0. The maximum atomic E-state index is 10.9. The molecule has 0 amide bonds. The second-order valence-corrected chi connectivity index (χ2v) is 3.76. The molecule has 0 radical (unpaired) electrons. The minimum Gasteiger partial charge on any atom is -0.477 e. The van der Waals surface area contributed by atoms with Gasteiger partial charge in [0.2, 0.25) is 12.0 Å². The fourth-order valence-corrected chi connectivity index (χ4v) is 1.64. The van der Waals surface area contributed by atoms with E-state index >= 15 is 0 Å². The van der Waals surface area contributed by atoms with Gasteiger partial charge in [0.05, 0.1) is 0 Å².